The van der Waals surface area contributed by atoms with Gasteiger partial charge < -0.3 is 0 Å². The summed E-state index contributed by atoms with van der Waals surface area (Å²) in [6, 6.07) is 4.74. The molecule has 4 nitrogen and oxygen atoms in total. The highest BCUT2D eigenvalue weighted by Gasteiger charge is 2.15. The molecular weight excluding hydrogens is 329 g/mol. The number of rotatable bonds is 5. The number of carbonyl (C=O) groups is 1. The van der Waals surface area contributed by atoms with E-state index in [9.17, 15) is 4.79 Å². The third-order valence-electron chi connectivity index (χ3n) is 3.18. The monoisotopic (exact) mass is 343 g/mol. The Bertz CT molecular complexity index is 641. The first-order chi connectivity index (χ1) is 10.0. The molecule has 7 heteroatoms. The Morgan fingerprint density at radius 1 is 1.24 bits per heavy atom. The van der Waals surface area contributed by atoms with E-state index < -0.39 is 0 Å². The van der Waals surface area contributed by atoms with Crippen LogP contribution in [0.4, 0.5) is 5.13 Å². The molecule has 112 valence electrons. The van der Waals surface area contributed by atoms with Gasteiger partial charge in [-0.2, -0.15) is 0 Å². The molecule has 1 aromatic heterocycles. The van der Waals surface area contributed by atoms with Crippen molar-refractivity contribution in [2.24, 2.45) is 0 Å². The van der Waals surface area contributed by atoms with Crippen molar-refractivity contribution in [1.29, 1.82) is 0 Å². The highest BCUT2D eigenvalue weighted by Crippen LogP contribution is 2.28. The molecule has 21 heavy (non-hydrogen) atoms. The van der Waals surface area contributed by atoms with Crippen LogP contribution in [0.1, 0.15) is 48.0 Å². The first-order valence-corrected chi connectivity index (χ1v) is 8.22. The molecule has 0 saturated carbocycles. The standard InChI is InChI=1S/C14H15Cl2N3OS/c1-3-8(4-2)13-18-19-14(21-13)17-12(20)9-5-6-10(15)11(16)7-9/h5-8H,3-4H2,1-2H3,(H,17,19,20). The zero-order chi connectivity index (χ0) is 15.4. The molecule has 0 aliphatic heterocycles. The summed E-state index contributed by atoms with van der Waals surface area (Å²) in [5, 5.41) is 13.1. The topological polar surface area (TPSA) is 54.9 Å². The maximum Gasteiger partial charge on any atom is 0.257 e. The second-order valence-corrected chi connectivity index (χ2v) is 6.37. The number of amides is 1. The van der Waals surface area contributed by atoms with Crippen molar-refractivity contribution in [3.05, 3.63) is 38.8 Å². The molecule has 1 aromatic carbocycles. The van der Waals surface area contributed by atoms with Gasteiger partial charge in [-0.1, -0.05) is 48.4 Å². The molecule has 0 bridgehead atoms. The van der Waals surface area contributed by atoms with Crippen molar-refractivity contribution in [2.45, 2.75) is 32.6 Å². The predicted octanol–water partition coefficient (Wildman–Crippen LogP) is 5.00. The van der Waals surface area contributed by atoms with Crippen molar-refractivity contribution in [3.63, 3.8) is 0 Å². The van der Waals surface area contributed by atoms with Gasteiger partial charge in [-0.3, -0.25) is 10.1 Å². The molecule has 0 atom stereocenters. The number of benzene rings is 1. The minimum absolute atomic E-state index is 0.277. The Morgan fingerprint density at radius 2 is 1.95 bits per heavy atom. The van der Waals surface area contributed by atoms with Crippen LogP contribution in [0.2, 0.25) is 10.0 Å². The summed E-state index contributed by atoms with van der Waals surface area (Å²) in [7, 11) is 0. The lowest BCUT2D eigenvalue weighted by atomic mass is 10.1. The van der Waals surface area contributed by atoms with E-state index in [4.69, 9.17) is 23.2 Å². The maximum atomic E-state index is 12.1. The van der Waals surface area contributed by atoms with Gasteiger partial charge in [0.1, 0.15) is 5.01 Å². The van der Waals surface area contributed by atoms with Crippen LogP contribution in [0.15, 0.2) is 18.2 Å². The molecule has 1 N–H and O–H groups in total. The van der Waals surface area contributed by atoms with Crippen LogP contribution in [0.25, 0.3) is 0 Å². The van der Waals surface area contributed by atoms with E-state index in [2.05, 4.69) is 29.4 Å². The van der Waals surface area contributed by atoms with Crippen molar-refractivity contribution in [3.8, 4) is 0 Å². The molecule has 0 spiro atoms. The second-order valence-electron chi connectivity index (χ2n) is 4.54. The van der Waals surface area contributed by atoms with Gasteiger partial charge in [0, 0.05) is 11.5 Å². The Balaban J connectivity index is 2.11. The molecule has 0 aliphatic rings. The minimum Gasteiger partial charge on any atom is -0.296 e. The summed E-state index contributed by atoms with van der Waals surface area (Å²) in [6.45, 7) is 4.23. The third-order valence-corrected chi connectivity index (χ3v) is 4.92. The normalized spacial score (nSPS) is 10.9. The Hall–Kier alpha value is -1.17. The summed E-state index contributed by atoms with van der Waals surface area (Å²) in [4.78, 5) is 12.1. The number of carbonyl (C=O) groups excluding carboxylic acids is 1. The zero-order valence-corrected chi connectivity index (χ0v) is 14.0. The van der Waals surface area contributed by atoms with E-state index in [1.54, 1.807) is 12.1 Å². The Kier molecular flexibility index (Phi) is 5.56. The van der Waals surface area contributed by atoms with Gasteiger partial charge in [0.05, 0.1) is 10.0 Å². The number of nitrogens with one attached hydrogen (secondary N) is 1. The predicted molar refractivity (Wildman–Crippen MR) is 87.6 cm³/mol. The van der Waals surface area contributed by atoms with E-state index >= 15 is 0 Å². The van der Waals surface area contributed by atoms with Crippen molar-refractivity contribution in [1.82, 2.24) is 10.2 Å². The van der Waals surface area contributed by atoms with Crippen LogP contribution < -0.4 is 5.32 Å². The van der Waals surface area contributed by atoms with Crippen LogP contribution in [-0.4, -0.2) is 16.1 Å². The average molecular weight is 344 g/mol. The summed E-state index contributed by atoms with van der Waals surface area (Å²) < 4.78 is 0. The number of nitrogens with zero attached hydrogens (tertiary/aromatic N) is 2. The van der Waals surface area contributed by atoms with E-state index in [1.807, 2.05) is 0 Å². The number of hydrogen-bond donors (Lipinski definition) is 1. The third kappa shape index (κ3) is 3.93. The van der Waals surface area contributed by atoms with Crippen molar-refractivity contribution in [2.75, 3.05) is 5.32 Å². The van der Waals surface area contributed by atoms with E-state index in [0.29, 0.717) is 26.7 Å². The summed E-state index contributed by atoms with van der Waals surface area (Å²) in [6.07, 6.45) is 2.01. The Morgan fingerprint density at radius 3 is 2.57 bits per heavy atom. The van der Waals surface area contributed by atoms with Crippen molar-refractivity contribution >= 4 is 45.6 Å². The molecule has 0 fully saturated rings. The van der Waals surface area contributed by atoms with Crippen LogP contribution in [0.3, 0.4) is 0 Å². The number of anilines is 1. The average Bonchev–Trinajstić information content (AvgIpc) is 2.91. The van der Waals surface area contributed by atoms with Gasteiger partial charge in [-0.25, -0.2) is 0 Å². The molecular formula is C14H15Cl2N3OS. The summed E-state index contributed by atoms with van der Waals surface area (Å²) in [5.41, 5.74) is 0.434. The van der Waals surface area contributed by atoms with E-state index in [0.717, 1.165) is 17.8 Å². The zero-order valence-electron chi connectivity index (χ0n) is 11.7. The van der Waals surface area contributed by atoms with Crippen LogP contribution in [0.5, 0.6) is 0 Å². The molecule has 0 aliphatic carbocycles. The summed E-state index contributed by atoms with van der Waals surface area (Å²) >= 11 is 13.1. The highest BCUT2D eigenvalue weighted by atomic mass is 35.5. The molecule has 0 unspecified atom stereocenters. The first-order valence-electron chi connectivity index (χ1n) is 6.64. The first kappa shape index (κ1) is 16.2. The molecule has 1 heterocycles. The molecule has 0 saturated heterocycles. The molecule has 2 rings (SSSR count). The smallest absolute Gasteiger partial charge is 0.257 e. The largest absolute Gasteiger partial charge is 0.296 e. The molecule has 1 amide bonds. The van der Waals surface area contributed by atoms with Crippen LogP contribution in [0, 0.1) is 0 Å². The lowest BCUT2D eigenvalue weighted by molar-refractivity contribution is 0.102. The van der Waals surface area contributed by atoms with E-state index in [-0.39, 0.29) is 5.91 Å². The lowest BCUT2D eigenvalue weighted by Crippen LogP contribution is -2.11. The second kappa shape index (κ2) is 7.20. The van der Waals surface area contributed by atoms with Gasteiger partial charge in [-0.15, -0.1) is 10.2 Å². The quantitative estimate of drug-likeness (QED) is 0.830. The van der Waals surface area contributed by atoms with Crippen LogP contribution >= 0.6 is 34.5 Å². The SMILES string of the molecule is CCC(CC)c1nnc(NC(=O)c2ccc(Cl)c(Cl)c2)s1. The number of halogens is 2. The number of hydrogen-bond acceptors (Lipinski definition) is 4. The maximum absolute atomic E-state index is 12.1. The fourth-order valence-corrected chi connectivity index (χ4v) is 3.20. The van der Waals surface area contributed by atoms with Crippen molar-refractivity contribution < 1.29 is 4.79 Å². The lowest BCUT2D eigenvalue weighted by Gasteiger charge is -2.06. The van der Waals surface area contributed by atoms with Crippen LogP contribution in [-0.2, 0) is 0 Å². The van der Waals surface area contributed by atoms with Gasteiger partial charge in [0.15, 0.2) is 0 Å². The van der Waals surface area contributed by atoms with E-state index in [1.165, 1.54) is 17.4 Å². The molecule has 2 aromatic rings. The minimum atomic E-state index is -0.277. The fraction of sp³-hybridized carbons (Fsp3) is 0.357. The fourth-order valence-electron chi connectivity index (χ4n) is 1.89. The highest BCUT2D eigenvalue weighted by molar-refractivity contribution is 7.15. The Labute approximate surface area is 137 Å². The molecule has 0 radical (unpaired) electrons. The van der Waals surface area contributed by atoms with Gasteiger partial charge in [-0.05, 0) is 31.0 Å². The van der Waals surface area contributed by atoms with Gasteiger partial charge >= 0.3 is 0 Å². The summed E-state index contributed by atoms with van der Waals surface area (Å²) in [5.74, 6) is 0.110. The van der Waals surface area contributed by atoms with Gasteiger partial charge in [0.25, 0.3) is 5.91 Å². The van der Waals surface area contributed by atoms with Gasteiger partial charge in [0.2, 0.25) is 5.13 Å². The number of aromatic nitrogens is 2.